The molecule has 0 radical (unpaired) electrons. The van der Waals surface area contributed by atoms with Gasteiger partial charge in [0.05, 0.1) is 11.1 Å². The fraction of sp³-hybridized carbons (Fsp3) is 0.385. The average Bonchev–Trinajstić information content (AvgIpc) is 2.61. The first-order chi connectivity index (χ1) is 9.13. The minimum atomic E-state index is -3.69. The average molecular weight is 316 g/mol. The van der Waals surface area contributed by atoms with E-state index in [1.807, 2.05) is 0 Å². The second-order valence-electron chi connectivity index (χ2n) is 5.15. The third kappa shape index (κ3) is 2.01. The van der Waals surface area contributed by atoms with E-state index >= 15 is 0 Å². The molecule has 1 aliphatic heterocycles. The lowest BCUT2D eigenvalue weighted by Gasteiger charge is -2.36. The first-order valence-corrected chi connectivity index (χ1v) is 8.36. The van der Waals surface area contributed by atoms with E-state index in [-0.39, 0.29) is 17.3 Å². The summed E-state index contributed by atoms with van der Waals surface area (Å²) >= 11 is 5.83. The number of hydrogen-bond acceptors (Lipinski definition) is 3. The Kier molecular flexibility index (Phi) is 3.57. The van der Waals surface area contributed by atoms with Gasteiger partial charge in [-0.25, -0.2) is 0 Å². The number of rotatable bonds is 3. The number of amides is 2. The Balaban J connectivity index is 2.56. The van der Waals surface area contributed by atoms with Crippen molar-refractivity contribution in [2.75, 3.05) is 6.16 Å². The van der Waals surface area contributed by atoms with E-state index in [9.17, 15) is 19.0 Å². The van der Waals surface area contributed by atoms with Gasteiger partial charge in [0.15, 0.2) is 0 Å². The van der Waals surface area contributed by atoms with Crippen molar-refractivity contribution in [3.8, 4) is 0 Å². The van der Waals surface area contributed by atoms with Crippen molar-refractivity contribution in [1.29, 1.82) is 0 Å². The number of carbonyl (C=O) groups excluding carboxylic acids is 2. The van der Waals surface area contributed by atoms with Crippen molar-refractivity contribution >= 4 is 30.8 Å². The van der Waals surface area contributed by atoms with Gasteiger partial charge in [-0.05, 0) is 32.0 Å². The molecule has 1 aromatic carbocycles. The highest BCUT2D eigenvalue weighted by molar-refractivity contribution is 7.59. The zero-order valence-electron chi connectivity index (χ0n) is 11.4. The van der Waals surface area contributed by atoms with E-state index in [0.717, 1.165) is 4.90 Å². The van der Waals surface area contributed by atoms with E-state index in [1.54, 1.807) is 6.92 Å². The summed E-state index contributed by atoms with van der Waals surface area (Å²) in [6, 6.07) is 4.38. The fourth-order valence-electron chi connectivity index (χ4n) is 2.25. The third-order valence-electron chi connectivity index (χ3n) is 3.68. The SMILES string of the molecule is CCP(=O)(O)C(C)(C)N1C(=O)c2ccc(Cl)cc2C1=O. The molecule has 1 unspecified atom stereocenters. The Morgan fingerprint density at radius 1 is 1.25 bits per heavy atom. The topological polar surface area (TPSA) is 74.7 Å². The lowest BCUT2D eigenvalue weighted by atomic mass is 10.1. The van der Waals surface area contributed by atoms with Crippen LogP contribution in [0.4, 0.5) is 0 Å². The van der Waals surface area contributed by atoms with Gasteiger partial charge in [-0.15, -0.1) is 0 Å². The summed E-state index contributed by atoms with van der Waals surface area (Å²) in [5, 5.41) is -1.12. The van der Waals surface area contributed by atoms with Gasteiger partial charge >= 0.3 is 0 Å². The molecule has 1 atom stereocenters. The van der Waals surface area contributed by atoms with Crippen LogP contribution in [0.2, 0.25) is 5.02 Å². The standard InChI is InChI=1S/C13H15ClNO4P/c1-4-20(18,19)13(2,3)15-11(16)9-6-5-8(14)7-10(9)12(15)17/h5-7H,4H2,1-3H3,(H,18,19). The van der Waals surface area contributed by atoms with Crippen LogP contribution in [0.3, 0.4) is 0 Å². The normalized spacial score (nSPS) is 18.1. The molecule has 0 aromatic heterocycles. The van der Waals surface area contributed by atoms with Gasteiger partial charge in [0.25, 0.3) is 11.8 Å². The molecule has 2 amide bonds. The summed E-state index contributed by atoms with van der Waals surface area (Å²) < 4.78 is 12.3. The molecule has 1 aliphatic rings. The quantitative estimate of drug-likeness (QED) is 0.687. The van der Waals surface area contributed by atoms with E-state index in [4.69, 9.17) is 11.6 Å². The maximum Gasteiger partial charge on any atom is 0.262 e. The van der Waals surface area contributed by atoms with Crippen LogP contribution in [0.1, 0.15) is 41.5 Å². The van der Waals surface area contributed by atoms with Gasteiger partial charge in [-0.3, -0.25) is 19.1 Å². The van der Waals surface area contributed by atoms with Crippen molar-refractivity contribution in [3.05, 3.63) is 34.3 Å². The molecular formula is C13H15ClNO4P. The zero-order valence-corrected chi connectivity index (χ0v) is 13.0. The summed E-state index contributed by atoms with van der Waals surface area (Å²) in [5.74, 6) is -1.14. The fourth-order valence-corrected chi connectivity index (χ4v) is 3.69. The molecule has 1 N–H and O–H groups in total. The molecule has 0 fully saturated rings. The number of imide groups is 1. The van der Waals surface area contributed by atoms with Crippen LogP contribution < -0.4 is 0 Å². The van der Waals surface area contributed by atoms with E-state index in [0.29, 0.717) is 5.02 Å². The van der Waals surface area contributed by atoms with Crippen molar-refractivity contribution in [2.24, 2.45) is 0 Å². The van der Waals surface area contributed by atoms with E-state index < -0.39 is 24.5 Å². The number of benzene rings is 1. The highest BCUT2D eigenvalue weighted by Gasteiger charge is 2.52. The second-order valence-corrected chi connectivity index (χ2v) is 8.71. The molecule has 108 valence electrons. The first kappa shape index (κ1) is 15.2. The first-order valence-electron chi connectivity index (χ1n) is 6.14. The number of hydrogen-bond donors (Lipinski definition) is 1. The largest absolute Gasteiger partial charge is 0.343 e. The Morgan fingerprint density at radius 2 is 1.80 bits per heavy atom. The summed E-state index contributed by atoms with van der Waals surface area (Å²) in [7, 11) is -3.69. The van der Waals surface area contributed by atoms with Crippen LogP contribution in [-0.4, -0.2) is 33.0 Å². The minimum Gasteiger partial charge on any atom is -0.343 e. The predicted octanol–water partition coefficient (Wildman–Crippen LogP) is 2.96. The highest BCUT2D eigenvalue weighted by Crippen LogP contribution is 2.56. The number of carbonyl (C=O) groups is 2. The number of halogens is 1. The second kappa shape index (κ2) is 4.69. The van der Waals surface area contributed by atoms with E-state index in [1.165, 1.54) is 32.0 Å². The monoisotopic (exact) mass is 315 g/mol. The molecule has 1 aromatic rings. The summed E-state index contributed by atoms with van der Waals surface area (Å²) in [6.45, 7) is 4.42. The third-order valence-corrected chi connectivity index (χ3v) is 6.68. The van der Waals surface area contributed by atoms with Crippen LogP contribution >= 0.6 is 19.0 Å². The Hall–Kier alpha value is -1.16. The van der Waals surface area contributed by atoms with Crippen molar-refractivity contribution < 1.29 is 19.0 Å². The molecule has 7 heteroatoms. The molecular weight excluding hydrogens is 301 g/mol. The van der Waals surface area contributed by atoms with Crippen LogP contribution in [0.5, 0.6) is 0 Å². The number of fused-ring (bicyclic) bond motifs is 1. The molecule has 0 spiro atoms. The van der Waals surface area contributed by atoms with Gasteiger partial charge in [0, 0.05) is 11.2 Å². The van der Waals surface area contributed by atoms with Gasteiger partial charge in [-0.1, -0.05) is 18.5 Å². The maximum absolute atomic E-state index is 12.4. The Bertz CT molecular complexity index is 656. The van der Waals surface area contributed by atoms with Gasteiger partial charge in [0.1, 0.15) is 5.28 Å². The lowest BCUT2D eigenvalue weighted by molar-refractivity contribution is 0.0559. The molecule has 20 heavy (non-hydrogen) atoms. The van der Waals surface area contributed by atoms with Crippen molar-refractivity contribution in [3.63, 3.8) is 0 Å². The molecule has 0 bridgehead atoms. The molecule has 0 aliphatic carbocycles. The zero-order chi connectivity index (χ0) is 15.3. The predicted molar refractivity (Wildman–Crippen MR) is 76.4 cm³/mol. The Morgan fingerprint density at radius 3 is 2.35 bits per heavy atom. The van der Waals surface area contributed by atoms with Gasteiger partial charge in [-0.2, -0.15) is 0 Å². The van der Waals surface area contributed by atoms with Crippen LogP contribution in [-0.2, 0) is 4.57 Å². The van der Waals surface area contributed by atoms with Crippen molar-refractivity contribution in [1.82, 2.24) is 4.90 Å². The molecule has 0 saturated carbocycles. The number of nitrogens with zero attached hydrogens (tertiary/aromatic N) is 1. The smallest absolute Gasteiger partial charge is 0.262 e. The van der Waals surface area contributed by atoms with Crippen molar-refractivity contribution in [2.45, 2.75) is 26.1 Å². The van der Waals surface area contributed by atoms with E-state index in [2.05, 4.69) is 0 Å². The lowest BCUT2D eigenvalue weighted by Crippen LogP contribution is -2.47. The summed E-state index contributed by atoms with van der Waals surface area (Å²) in [6.07, 6.45) is -0.0197. The molecule has 2 rings (SSSR count). The van der Waals surface area contributed by atoms with Crippen LogP contribution in [0.25, 0.3) is 0 Å². The molecule has 5 nitrogen and oxygen atoms in total. The Labute approximate surface area is 122 Å². The van der Waals surface area contributed by atoms with Gasteiger partial charge in [0.2, 0.25) is 7.37 Å². The minimum absolute atomic E-state index is 0.0197. The van der Waals surface area contributed by atoms with Crippen LogP contribution in [0, 0.1) is 0 Å². The summed E-state index contributed by atoms with van der Waals surface area (Å²) in [5.41, 5.74) is 0.384. The highest BCUT2D eigenvalue weighted by atomic mass is 35.5. The summed E-state index contributed by atoms with van der Waals surface area (Å²) in [4.78, 5) is 35.7. The van der Waals surface area contributed by atoms with Gasteiger partial charge < -0.3 is 4.89 Å². The van der Waals surface area contributed by atoms with Crippen LogP contribution in [0.15, 0.2) is 18.2 Å². The maximum atomic E-state index is 12.4. The molecule has 0 saturated heterocycles. The molecule has 1 heterocycles.